The number of aromatic hydroxyl groups is 1. The first-order valence-electron chi connectivity index (χ1n) is 5.64. The number of hydrogen-bond donors (Lipinski definition) is 2. The van der Waals surface area contributed by atoms with Gasteiger partial charge in [-0.1, -0.05) is 32.4 Å². The molecule has 0 aliphatic carbocycles. The monoisotopic (exact) mass is 207 g/mol. The summed E-state index contributed by atoms with van der Waals surface area (Å²) >= 11 is 0. The molecule has 15 heavy (non-hydrogen) atoms. The van der Waals surface area contributed by atoms with Crippen molar-refractivity contribution in [3.05, 3.63) is 29.8 Å². The number of benzene rings is 1. The minimum atomic E-state index is 0.338. The van der Waals surface area contributed by atoms with Crippen LogP contribution in [0.5, 0.6) is 5.75 Å². The second kappa shape index (κ2) is 5.76. The van der Waals surface area contributed by atoms with Crippen LogP contribution in [0.4, 0.5) is 0 Å². The maximum Gasteiger partial charge on any atom is 0.115 e. The van der Waals surface area contributed by atoms with E-state index in [1.807, 2.05) is 12.1 Å². The first kappa shape index (κ1) is 12.1. The molecule has 2 unspecified atom stereocenters. The van der Waals surface area contributed by atoms with Gasteiger partial charge in [0.15, 0.2) is 0 Å². The van der Waals surface area contributed by atoms with Crippen LogP contribution in [0.15, 0.2) is 24.3 Å². The zero-order chi connectivity index (χ0) is 11.3. The highest BCUT2D eigenvalue weighted by Crippen LogP contribution is 2.12. The van der Waals surface area contributed by atoms with E-state index in [1.54, 1.807) is 12.1 Å². The molecule has 2 nitrogen and oxygen atoms in total. The summed E-state index contributed by atoms with van der Waals surface area (Å²) in [6, 6.07) is 7.91. The van der Waals surface area contributed by atoms with E-state index in [-0.39, 0.29) is 0 Å². The molecule has 0 spiro atoms. The van der Waals surface area contributed by atoms with Crippen LogP contribution in [0.3, 0.4) is 0 Å². The van der Waals surface area contributed by atoms with Crippen molar-refractivity contribution in [1.29, 1.82) is 0 Å². The maximum absolute atomic E-state index is 9.31. The first-order valence-corrected chi connectivity index (χ1v) is 5.64. The Labute approximate surface area is 92.3 Å². The van der Waals surface area contributed by atoms with Gasteiger partial charge < -0.3 is 10.4 Å². The smallest absolute Gasteiger partial charge is 0.115 e. The largest absolute Gasteiger partial charge is 0.508 e. The topological polar surface area (TPSA) is 32.3 Å². The average Bonchev–Trinajstić information content (AvgIpc) is 2.25. The fourth-order valence-electron chi connectivity index (χ4n) is 1.50. The Morgan fingerprint density at radius 3 is 2.67 bits per heavy atom. The highest BCUT2D eigenvalue weighted by Gasteiger charge is 2.08. The van der Waals surface area contributed by atoms with Crippen molar-refractivity contribution in [2.24, 2.45) is 5.92 Å². The molecule has 0 saturated heterocycles. The lowest BCUT2D eigenvalue weighted by atomic mass is 10.0. The van der Waals surface area contributed by atoms with Crippen LogP contribution in [-0.2, 0) is 6.54 Å². The molecule has 2 heteroatoms. The van der Waals surface area contributed by atoms with Gasteiger partial charge in [0.1, 0.15) is 5.75 Å². The molecule has 1 aromatic carbocycles. The van der Waals surface area contributed by atoms with E-state index in [1.165, 1.54) is 6.42 Å². The first-order chi connectivity index (χ1) is 7.13. The van der Waals surface area contributed by atoms with Crippen molar-refractivity contribution in [2.45, 2.75) is 39.8 Å². The predicted molar refractivity (Wildman–Crippen MR) is 63.9 cm³/mol. The molecule has 84 valence electrons. The third-order valence-electron chi connectivity index (χ3n) is 3.04. The molecule has 0 heterocycles. The van der Waals surface area contributed by atoms with Gasteiger partial charge in [0.05, 0.1) is 0 Å². The summed E-state index contributed by atoms with van der Waals surface area (Å²) in [7, 11) is 0. The van der Waals surface area contributed by atoms with Gasteiger partial charge in [-0.2, -0.15) is 0 Å². The van der Waals surface area contributed by atoms with Gasteiger partial charge in [-0.3, -0.25) is 0 Å². The Morgan fingerprint density at radius 2 is 2.07 bits per heavy atom. The Kier molecular flexibility index (Phi) is 4.63. The molecular weight excluding hydrogens is 186 g/mol. The summed E-state index contributed by atoms with van der Waals surface area (Å²) in [6.07, 6.45) is 1.19. The Hall–Kier alpha value is -1.02. The van der Waals surface area contributed by atoms with E-state index in [9.17, 15) is 5.11 Å². The zero-order valence-corrected chi connectivity index (χ0v) is 9.83. The molecule has 0 aliphatic rings. The van der Waals surface area contributed by atoms with Crippen LogP contribution in [0.25, 0.3) is 0 Å². The summed E-state index contributed by atoms with van der Waals surface area (Å²) < 4.78 is 0. The molecule has 2 atom stereocenters. The Balaban J connectivity index is 2.43. The van der Waals surface area contributed by atoms with Crippen LogP contribution < -0.4 is 5.32 Å². The lowest BCUT2D eigenvalue weighted by molar-refractivity contribution is 0.389. The molecule has 1 aromatic rings. The number of phenols is 1. The Bertz CT molecular complexity index is 298. The lowest BCUT2D eigenvalue weighted by Gasteiger charge is -2.19. The third-order valence-corrected chi connectivity index (χ3v) is 3.04. The van der Waals surface area contributed by atoms with Gasteiger partial charge in [-0.15, -0.1) is 0 Å². The zero-order valence-electron chi connectivity index (χ0n) is 9.83. The van der Waals surface area contributed by atoms with Crippen molar-refractivity contribution in [2.75, 3.05) is 0 Å². The molecule has 2 N–H and O–H groups in total. The third kappa shape index (κ3) is 3.92. The second-order valence-corrected chi connectivity index (χ2v) is 4.23. The van der Waals surface area contributed by atoms with E-state index in [0.717, 1.165) is 12.1 Å². The SMILES string of the molecule is CCC(C)C(C)NCc1cccc(O)c1. The van der Waals surface area contributed by atoms with E-state index in [2.05, 4.69) is 26.1 Å². The van der Waals surface area contributed by atoms with Crippen LogP contribution in [-0.4, -0.2) is 11.1 Å². The molecule has 0 amide bonds. The fourth-order valence-corrected chi connectivity index (χ4v) is 1.50. The van der Waals surface area contributed by atoms with Crippen molar-refractivity contribution >= 4 is 0 Å². The lowest BCUT2D eigenvalue weighted by Crippen LogP contribution is -2.31. The predicted octanol–water partition coefficient (Wildman–Crippen LogP) is 2.92. The summed E-state index contributed by atoms with van der Waals surface area (Å²) in [4.78, 5) is 0. The summed E-state index contributed by atoms with van der Waals surface area (Å²) in [6.45, 7) is 7.48. The standard InChI is InChI=1S/C13H21NO/c1-4-10(2)11(3)14-9-12-6-5-7-13(15)8-12/h5-8,10-11,14-15H,4,9H2,1-3H3. The second-order valence-electron chi connectivity index (χ2n) is 4.23. The highest BCUT2D eigenvalue weighted by molar-refractivity contribution is 5.26. The number of hydrogen-bond acceptors (Lipinski definition) is 2. The van der Waals surface area contributed by atoms with Gasteiger partial charge in [-0.25, -0.2) is 0 Å². The molecule has 0 saturated carbocycles. The van der Waals surface area contributed by atoms with Crippen LogP contribution in [0, 0.1) is 5.92 Å². The summed E-state index contributed by atoms with van der Waals surface area (Å²) in [5.41, 5.74) is 1.13. The van der Waals surface area contributed by atoms with Crippen LogP contribution >= 0.6 is 0 Å². The van der Waals surface area contributed by atoms with E-state index >= 15 is 0 Å². The molecule has 0 aromatic heterocycles. The normalized spacial score (nSPS) is 14.9. The van der Waals surface area contributed by atoms with Crippen LogP contribution in [0.1, 0.15) is 32.8 Å². The van der Waals surface area contributed by atoms with Crippen molar-refractivity contribution in [3.63, 3.8) is 0 Å². The van der Waals surface area contributed by atoms with E-state index in [0.29, 0.717) is 17.7 Å². The van der Waals surface area contributed by atoms with E-state index in [4.69, 9.17) is 0 Å². The molecule has 0 radical (unpaired) electrons. The van der Waals surface area contributed by atoms with Gasteiger partial charge in [-0.05, 0) is 30.5 Å². The van der Waals surface area contributed by atoms with Crippen molar-refractivity contribution in [3.8, 4) is 5.75 Å². The average molecular weight is 207 g/mol. The number of nitrogens with one attached hydrogen (secondary N) is 1. The van der Waals surface area contributed by atoms with Gasteiger partial charge >= 0.3 is 0 Å². The van der Waals surface area contributed by atoms with Gasteiger partial charge in [0, 0.05) is 12.6 Å². The van der Waals surface area contributed by atoms with Crippen molar-refractivity contribution in [1.82, 2.24) is 5.32 Å². The summed E-state index contributed by atoms with van der Waals surface area (Å²) in [5.74, 6) is 1.02. The minimum Gasteiger partial charge on any atom is -0.508 e. The molecule has 0 fully saturated rings. The molecular formula is C13H21NO. The molecule has 0 aliphatic heterocycles. The summed E-state index contributed by atoms with van der Waals surface area (Å²) in [5, 5.41) is 12.8. The van der Waals surface area contributed by atoms with Crippen LogP contribution in [0.2, 0.25) is 0 Å². The fraction of sp³-hybridized carbons (Fsp3) is 0.538. The van der Waals surface area contributed by atoms with Gasteiger partial charge in [0.2, 0.25) is 0 Å². The number of phenolic OH excluding ortho intramolecular Hbond substituents is 1. The maximum atomic E-state index is 9.31. The Morgan fingerprint density at radius 1 is 1.33 bits per heavy atom. The van der Waals surface area contributed by atoms with Gasteiger partial charge in [0.25, 0.3) is 0 Å². The van der Waals surface area contributed by atoms with Crippen molar-refractivity contribution < 1.29 is 5.11 Å². The molecule has 0 bridgehead atoms. The number of rotatable bonds is 5. The van der Waals surface area contributed by atoms with E-state index < -0.39 is 0 Å². The minimum absolute atomic E-state index is 0.338. The molecule has 1 rings (SSSR count). The quantitative estimate of drug-likeness (QED) is 0.778. The highest BCUT2D eigenvalue weighted by atomic mass is 16.3.